The van der Waals surface area contributed by atoms with E-state index in [1.165, 1.54) is 28.7 Å². The minimum Gasteiger partial charge on any atom is -0.505 e. The van der Waals surface area contributed by atoms with Gasteiger partial charge in [-0.25, -0.2) is 4.39 Å². The Bertz CT molecular complexity index is 1650. The predicted molar refractivity (Wildman–Crippen MR) is 156 cm³/mol. The highest BCUT2D eigenvalue weighted by atomic mass is 19.1. The Labute approximate surface area is 249 Å². The summed E-state index contributed by atoms with van der Waals surface area (Å²) in [6.45, 7) is 4.00. The van der Waals surface area contributed by atoms with Crippen LogP contribution >= 0.6 is 0 Å². The van der Waals surface area contributed by atoms with Crippen molar-refractivity contribution in [2.75, 3.05) is 13.1 Å². The average Bonchev–Trinajstić information content (AvgIpc) is 3.26. The number of hydrogen-bond acceptors (Lipinski definition) is 6. The standard InChI is InChI=1S/C35H33FN2O5/c1-19-15-29(40)32-26(33(19)41)17-25-23(30(32)21-7-10-28(39)27(36)16-21)8-9-24-31(25)35(43)38(34(24)42)22-11-13-37(14-12-22)18-20-5-3-2-4-6-20/h2-8,10,15-16,22,24-25,30-31,39H,9,11-14,17-18H2,1H3. The second kappa shape index (κ2) is 10.5. The van der Waals surface area contributed by atoms with Gasteiger partial charge in [-0.05, 0) is 67.9 Å². The number of halogens is 1. The number of likely N-dealkylation sites (tertiary alicyclic amines) is 2. The smallest absolute Gasteiger partial charge is 0.233 e. The summed E-state index contributed by atoms with van der Waals surface area (Å²) in [5.41, 5.74) is 3.43. The van der Waals surface area contributed by atoms with E-state index < -0.39 is 35.2 Å². The van der Waals surface area contributed by atoms with E-state index in [-0.39, 0.29) is 35.8 Å². The van der Waals surface area contributed by atoms with Gasteiger partial charge in [-0.3, -0.25) is 29.0 Å². The number of hydrogen-bond donors (Lipinski definition) is 1. The summed E-state index contributed by atoms with van der Waals surface area (Å²) in [6.07, 6.45) is 5.21. The van der Waals surface area contributed by atoms with Crippen LogP contribution in [0, 0.1) is 23.6 Å². The Kier molecular flexibility index (Phi) is 6.77. The third kappa shape index (κ3) is 4.50. The van der Waals surface area contributed by atoms with E-state index in [0.717, 1.165) is 25.2 Å². The topological polar surface area (TPSA) is 95.0 Å². The van der Waals surface area contributed by atoms with Crippen molar-refractivity contribution in [3.05, 3.63) is 99.9 Å². The molecule has 2 fully saturated rings. The summed E-state index contributed by atoms with van der Waals surface area (Å²) < 4.78 is 14.6. The molecule has 5 aliphatic rings. The second-order valence-electron chi connectivity index (χ2n) is 12.5. The van der Waals surface area contributed by atoms with Gasteiger partial charge in [0.1, 0.15) is 0 Å². The molecule has 3 aliphatic carbocycles. The molecule has 220 valence electrons. The summed E-state index contributed by atoms with van der Waals surface area (Å²) in [5.74, 6) is -4.58. The van der Waals surface area contributed by atoms with Gasteiger partial charge in [0, 0.05) is 48.3 Å². The molecule has 2 heterocycles. The number of phenols is 1. The van der Waals surface area contributed by atoms with Crippen LogP contribution < -0.4 is 0 Å². The van der Waals surface area contributed by atoms with Crippen LogP contribution in [0.2, 0.25) is 0 Å². The van der Waals surface area contributed by atoms with Crippen molar-refractivity contribution in [3.8, 4) is 5.75 Å². The first kappa shape index (κ1) is 27.7. The molecule has 2 amide bonds. The summed E-state index contributed by atoms with van der Waals surface area (Å²) in [4.78, 5) is 58.6. The maximum absolute atomic E-state index is 14.6. The van der Waals surface area contributed by atoms with E-state index in [1.54, 1.807) is 13.0 Å². The minimum atomic E-state index is -0.825. The van der Waals surface area contributed by atoms with Gasteiger partial charge in [0.05, 0.1) is 11.8 Å². The fraction of sp³-hybridized carbons (Fsp3) is 0.371. The quantitative estimate of drug-likeness (QED) is 0.322. The largest absolute Gasteiger partial charge is 0.505 e. The molecule has 43 heavy (non-hydrogen) atoms. The van der Waals surface area contributed by atoms with Gasteiger partial charge < -0.3 is 5.11 Å². The van der Waals surface area contributed by atoms with E-state index in [4.69, 9.17) is 0 Å². The lowest BCUT2D eigenvalue weighted by Gasteiger charge is -2.42. The number of benzene rings is 2. The Morgan fingerprint density at radius 3 is 2.42 bits per heavy atom. The lowest BCUT2D eigenvalue weighted by atomic mass is 9.59. The third-order valence-electron chi connectivity index (χ3n) is 10.1. The van der Waals surface area contributed by atoms with E-state index in [1.807, 2.05) is 24.3 Å². The van der Waals surface area contributed by atoms with Crippen molar-refractivity contribution >= 4 is 23.4 Å². The number of rotatable bonds is 4. The maximum Gasteiger partial charge on any atom is 0.233 e. The second-order valence-corrected chi connectivity index (χ2v) is 12.5. The molecule has 7 rings (SSSR count). The number of piperidine rings is 1. The maximum atomic E-state index is 14.6. The van der Waals surface area contributed by atoms with Crippen LogP contribution in [0.25, 0.3) is 0 Å². The fourth-order valence-electron chi connectivity index (χ4n) is 8.03. The van der Waals surface area contributed by atoms with Crippen LogP contribution in [0.15, 0.2) is 83.0 Å². The summed E-state index contributed by atoms with van der Waals surface area (Å²) in [6, 6.07) is 14.1. The van der Waals surface area contributed by atoms with Crippen molar-refractivity contribution in [2.45, 2.75) is 51.1 Å². The normalized spacial score (nSPS) is 28.0. The molecule has 0 spiro atoms. The monoisotopic (exact) mass is 580 g/mol. The molecule has 2 saturated heterocycles. The van der Waals surface area contributed by atoms with E-state index in [0.29, 0.717) is 41.5 Å². The molecule has 2 aromatic rings. The van der Waals surface area contributed by atoms with Gasteiger partial charge in [0.2, 0.25) is 11.8 Å². The van der Waals surface area contributed by atoms with Crippen LogP contribution in [0.4, 0.5) is 4.39 Å². The zero-order chi connectivity index (χ0) is 30.0. The molecule has 0 aromatic heterocycles. The van der Waals surface area contributed by atoms with Crippen molar-refractivity contribution in [1.82, 2.24) is 9.80 Å². The van der Waals surface area contributed by atoms with Crippen molar-refractivity contribution in [2.24, 2.45) is 17.8 Å². The van der Waals surface area contributed by atoms with Crippen molar-refractivity contribution in [1.29, 1.82) is 0 Å². The van der Waals surface area contributed by atoms with Crippen molar-refractivity contribution < 1.29 is 28.7 Å². The number of phenolic OH excluding ortho intramolecular Hbond substituents is 1. The molecule has 0 radical (unpaired) electrons. The van der Waals surface area contributed by atoms with Crippen LogP contribution in [-0.2, 0) is 25.7 Å². The third-order valence-corrected chi connectivity index (χ3v) is 10.1. The van der Waals surface area contributed by atoms with Gasteiger partial charge in [-0.15, -0.1) is 0 Å². The summed E-state index contributed by atoms with van der Waals surface area (Å²) in [5, 5.41) is 9.84. The summed E-state index contributed by atoms with van der Waals surface area (Å²) in [7, 11) is 0. The lowest BCUT2D eigenvalue weighted by Crippen LogP contribution is -2.47. The number of imide groups is 1. The Hall–Kier alpha value is -4.17. The zero-order valence-electron chi connectivity index (χ0n) is 24.0. The highest BCUT2D eigenvalue weighted by molar-refractivity contribution is 6.23. The summed E-state index contributed by atoms with van der Waals surface area (Å²) >= 11 is 0. The minimum absolute atomic E-state index is 0.152. The number of fused-ring (bicyclic) bond motifs is 3. The van der Waals surface area contributed by atoms with E-state index in [2.05, 4.69) is 17.0 Å². The van der Waals surface area contributed by atoms with Crippen LogP contribution in [0.1, 0.15) is 49.7 Å². The van der Waals surface area contributed by atoms with E-state index in [9.17, 15) is 28.7 Å². The van der Waals surface area contributed by atoms with Gasteiger partial charge in [0.15, 0.2) is 23.1 Å². The number of allylic oxidation sites excluding steroid dienone is 6. The lowest BCUT2D eigenvalue weighted by molar-refractivity contribution is -0.144. The van der Waals surface area contributed by atoms with Crippen LogP contribution in [0.3, 0.4) is 0 Å². The molecule has 2 aliphatic heterocycles. The highest BCUT2D eigenvalue weighted by Gasteiger charge is 2.57. The molecule has 4 unspecified atom stereocenters. The highest BCUT2D eigenvalue weighted by Crippen LogP contribution is 2.55. The SMILES string of the molecule is CC1=CC(=O)C2=C(CC3C(=CCC4C(=O)N(C5CCN(Cc6ccccc6)CC5)C(=O)C43)C2c2ccc(O)c(F)c2)C1=O. The molecular weight excluding hydrogens is 547 g/mol. The van der Waals surface area contributed by atoms with Gasteiger partial charge in [0.25, 0.3) is 0 Å². The van der Waals surface area contributed by atoms with E-state index >= 15 is 0 Å². The zero-order valence-corrected chi connectivity index (χ0v) is 24.0. The van der Waals surface area contributed by atoms with Gasteiger partial charge >= 0.3 is 0 Å². The number of aromatic hydroxyl groups is 1. The Morgan fingerprint density at radius 1 is 0.953 bits per heavy atom. The molecule has 7 nitrogen and oxygen atoms in total. The number of carbonyl (C=O) groups excluding carboxylic acids is 4. The van der Waals surface area contributed by atoms with Crippen molar-refractivity contribution in [3.63, 3.8) is 0 Å². The van der Waals surface area contributed by atoms with Gasteiger partial charge in [-0.2, -0.15) is 0 Å². The molecule has 1 N–H and O–H groups in total. The average molecular weight is 581 g/mol. The molecule has 8 heteroatoms. The Morgan fingerprint density at radius 2 is 1.70 bits per heavy atom. The van der Waals surface area contributed by atoms with Gasteiger partial charge in [-0.1, -0.05) is 48.0 Å². The Balaban J connectivity index is 1.19. The molecule has 0 bridgehead atoms. The number of Topliss-reactive ketones (excluding diaryl/α,β-unsaturated/α-hetero) is 1. The molecule has 4 atom stereocenters. The van der Waals surface area contributed by atoms with Crippen LogP contribution in [-0.4, -0.2) is 57.4 Å². The first-order chi connectivity index (χ1) is 20.7. The molecular formula is C35H33FN2O5. The predicted octanol–water partition coefficient (Wildman–Crippen LogP) is 4.63. The van der Waals surface area contributed by atoms with Crippen LogP contribution in [0.5, 0.6) is 5.75 Å². The number of nitrogens with zero attached hydrogens (tertiary/aromatic N) is 2. The molecule has 0 saturated carbocycles. The first-order valence-electron chi connectivity index (χ1n) is 15.0. The first-order valence-corrected chi connectivity index (χ1v) is 15.0. The number of carbonyl (C=O) groups is 4. The number of amides is 2. The fourth-order valence-corrected chi connectivity index (χ4v) is 8.03. The molecule has 2 aromatic carbocycles. The number of ketones is 2.